The fourth-order valence-electron chi connectivity index (χ4n) is 1.39. The first-order valence-corrected chi connectivity index (χ1v) is 5.08. The van der Waals surface area contributed by atoms with Gasteiger partial charge in [-0.15, -0.1) is 0 Å². The Balaban J connectivity index is 3.37. The highest BCUT2D eigenvalue weighted by molar-refractivity contribution is 5.95. The summed E-state index contributed by atoms with van der Waals surface area (Å²) in [7, 11) is 0. The lowest BCUT2D eigenvalue weighted by Crippen LogP contribution is -2.40. The lowest BCUT2D eigenvalue weighted by molar-refractivity contribution is -0.168. The van der Waals surface area contributed by atoms with Gasteiger partial charge in [0.25, 0.3) is 0 Å². The summed E-state index contributed by atoms with van der Waals surface area (Å²) >= 11 is 0. The molecule has 0 bridgehead atoms. The number of Topliss-reactive ketones (excluding diaryl/α,β-unsaturated/α-hetero) is 1. The van der Waals surface area contributed by atoms with Crippen LogP contribution in [0.25, 0.3) is 0 Å². The molecule has 0 saturated heterocycles. The molecule has 0 unspecified atom stereocenters. The van der Waals surface area contributed by atoms with E-state index < -0.39 is 17.1 Å². The van der Waals surface area contributed by atoms with E-state index in [1.54, 1.807) is 0 Å². The third kappa shape index (κ3) is 2.61. The Hall–Kier alpha value is -1.49. The SMILES string of the molecule is CC(=O)c1cc(N)cc(C(F)(F)C(C)(C)O)c1. The quantitative estimate of drug-likeness (QED) is 0.632. The molecule has 0 amide bonds. The molecule has 1 rings (SSSR count). The molecule has 0 saturated carbocycles. The third-order valence-electron chi connectivity index (χ3n) is 2.49. The summed E-state index contributed by atoms with van der Waals surface area (Å²) in [6.07, 6.45) is 0. The van der Waals surface area contributed by atoms with Crippen molar-refractivity contribution in [1.29, 1.82) is 0 Å². The zero-order valence-corrected chi connectivity index (χ0v) is 9.92. The fourth-order valence-corrected chi connectivity index (χ4v) is 1.39. The molecule has 0 aliphatic rings. The van der Waals surface area contributed by atoms with E-state index in [2.05, 4.69) is 0 Å². The highest BCUT2D eigenvalue weighted by Crippen LogP contribution is 2.39. The number of nitrogen functional groups attached to an aromatic ring is 1. The average Bonchev–Trinajstić information content (AvgIpc) is 2.14. The maximum Gasteiger partial charge on any atom is 0.300 e. The van der Waals surface area contributed by atoms with Gasteiger partial charge < -0.3 is 10.8 Å². The minimum Gasteiger partial charge on any atom is -0.399 e. The smallest absolute Gasteiger partial charge is 0.300 e. The van der Waals surface area contributed by atoms with Crippen molar-refractivity contribution in [3.63, 3.8) is 0 Å². The molecule has 0 aromatic heterocycles. The number of nitrogens with two attached hydrogens (primary N) is 1. The predicted octanol–water partition coefficient (Wildman–Crippen LogP) is 2.33. The molecule has 3 N–H and O–H groups in total. The van der Waals surface area contributed by atoms with Gasteiger partial charge in [-0.1, -0.05) is 0 Å². The van der Waals surface area contributed by atoms with Crippen LogP contribution in [-0.4, -0.2) is 16.5 Å². The highest BCUT2D eigenvalue weighted by Gasteiger charge is 2.47. The van der Waals surface area contributed by atoms with Crippen LogP contribution in [-0.2, 0) is 5.92 Å². The van der Waals surface area contributed by atoms with Gasteiger partial charge in [-0.2, -0.15) is 8.78 Å². The number of hydrogen-bond acceptors (Lipinski definition) is 3. The molecule has 1 aromatic carbocycles. The second-order valence-corrected chi connectivity index (χ2v) is 4.53. The number of carbonyl (C=O) groups excluding carboxylic acids is 1. The number of alkyl halides is 2. The van der Waals surface area contributed by atoms with E-state index in [1.807, 2.05) is 0 Å². The monoisotopic (exact) mass is 243 g/mol. The van der Waals surface area contributed by atoms with Crippen molar-refractivity contribution >= 4 is 11.5 Å². The van der Waals surface area contributed by atoms with E-state index in [-0.39, 0.29) is 17.0 Å². The largest absolute Gasteiger partial charge is 0.399 e. The standard InChI is InChI=1S/C12H15F2NO2/c1-7(16)8-4-9(6-10(15)5-8)12(13,14)11(2,3)17/h4-6,17H,15H2,1-3H3. The number of ketones is 1. The highest BCUT2D eigenvalue weighted by atomic mass is 19.3. The average molecular weight is 243 g/mol. The summed E-state index contributed by atoms with van der Waals surface area (Å²) in [5, 5.41) is 9.44. The molecule has 1 aromatic rings. The van der Waals surface area contributed by atoms with E-state index in [9.17, 15) is 18.7 Å². The van der Waals surface area contributed by atoms with Gasteiger partial charge in [0.1, 0.15) is 5.60 Å². The fraction of sp³-hybridized carbons (Fsp3) is 0.417. The molecule has 5 heteroatoms. The molecule has 0 fully saturated rings. The first-order chi connectivity index (χ1) is 7.55. The van der Waals surface area contributed by atoms with Crippen molar-refractivity contribution in [3.05, 3.63) is 29.3 Å². The molecule has 3 nitrogen and oxygen atoms in total. The van der Waals surface area contributed by atoms with E-state index in [0.717, 1.165) is 26.0 Å². The number of benzene rings is 1. The van der Waals surface area contributed by atoms with Crippen LogP contribution in [0.5, 0.6) is 0 Å². The summed E-state index contributed by atoms with van der Waals surface area (Å²) in [6, 6.07) is 3.44. The first-order valence-electron chi connectivity index (χ1n) is 5.08. The molecular weight excluding hydrogens is 228 g/mol. The summed E-state index contributed by atoms with van der Waals surface area (Å²) in [5.74, 6) is -3.84. The lowest BCUT2D eigenvalue weighted by Gasteiger charge is -2.29. The van der Waals surface area contributed by atoms with Crippen LogP contribution < -0.4 is 5.73 Å². The molecular formula is C12H15F2NO2. The number of carbonyl (C=O) groups is 1. The second-order valence-electron chi connectivity index (χ2n) is 4.53. The number of rotatable bonds is 3. The Labute approximate surface area is 98.2 Å². The van der Waals surface area contributed by atoms with Crippen molar-refractivity contribution in [2.75, 3.05) is 5.73 Å². The Kier molecular flexibility index (Phi) is 3.25. The molecule has 0 spiro atoms. The van der Waals surface area contributed by atoms with Crippen molar-refractivity contribution in [2.24, 2.45) is 0 Å². The zero-order valence-electron chi connectivity index (χ0n) is 9.92. The normalized spacial score (nSPS) is 12.6. The van der Waals surface area contributed by atoms with Gasteiger partial charge in [0, 0.05) is 16.8 Å². The summed E-state index contributed by atoms with van der Waals surface area (Å²) in [5.41, 5.74) is 2.95. The Morgan fingerprint density at radius 2 is 1.82 bits per heavy atom. The van der Waals surface area contributed by atoms with Gasteiger partial charge in [-0.05, 0) is 39.0 Å². The number of aliphatic hydroxyl groups is 1. The van der Waals surface area contributed by atoms with Crippen LogP contribution >= 0.6 is 0 Å². The van der Waals surface area contributed by atoms with E-state index in [4.69, 9.17) is 5.73 Å². The van der Waals surface area contributed by atoms with Crippen molar-refractivity contribution in [3.8, 4) is 0 Å². The molecule has 0 aliphatic carbocycles. The van der Waals surface area contributed by atoms with E-state index in [0.29, 0.717) is 0 Å². The number of hydrogen-bond donors (Lipinski definition) is 2. The minimum absolute atomic E-state index is 0.0663. The lowest BCUT2D eigenvalue weighted by atomic mass is 9.91. The minimum atomic E-state index is -3.48. The summed E-state index contributed by atoms with van der Waals surface area (Å²) in [6.45, 7) is 3.27. The Morgan fingerprint density at radius 3 is 2.24 bits per heavy atom. The Bertz CT molecular complexity index is 450. The summed E-state index contributed by atoms with van der Waals surface area (Å²) in [4.78, 5) is 11.2. The van der Waals surface area contributed by atoms with Crippen molar-refractivity contribution < 1.29 is 18.7 Å². The zero-order chi connectivity index (χ0) is 13.4. The third-order valence-corrected chi connectivity index (χ3v) is 2.49. The molecule has 94 valence electrons. The van der Waals surface area contributed by atoms with Gasteiger partial charge in [0.05, 0.1) is 0 Å². The maximum atomic E-state index is 13.9. The molecule has 0 radical (unpaired) electrons. The van der Waals surface area contributed by atoms with Gasteiger partial charge in [0.2, 0.25) is 0 Å². The van der Waals surface area contributed by atoms with Crippen molar-refractivity contribution in [2.45, 2.75) is 32.3 Å². The van der Waals surface area contributed by atoms with E-state index >= 15 is 0 Å². The van der Waals surface area contributed by atoms with Gasteiger partial charge in [0.15, 0.2) is 5.78 Å². The number of halogens is 2. The van der Waals surface area contributed by atoms with Crippen LogP contribution in [0.3, 0.4) is 0 Å². The van der Waals surface area contributed by atoms with Gasteiger partial charge in [-0.25, -0.2) is 0 Å². The maximum absolute atomic E-state index is 13.9. The van der Waals surface area contributed by atoms with Crippen LogP contribution in [0.1, 0.15) is 36.7 Å². The molecule has 17 heavy (non-hydrogen) atoms. The topological polar surface area (TPSA) is 63.3 Å². The van der Waals surface area contributed by atoms with Crippen molar-refractivity contribution in [1.82, 2.24) is 0 Å². The molecule has 0 aliphatic heterocycles. The summed E-state index contributed by atoms with van der Waals surface area (Å²) < 4.78 is 27.7. The Morgan fingerprint density at radius 1 is 1.29 bits per heavy atom. The number of anilines is 1. The second kappa shape index (κ2) is 4.07. The van der Waals surface area contributed by atoms with Gasteiger partial charge >= 0.3 is 5.92 Å². The van der Waals surface area contributed by atoms with E-state index in [1.165, 1.54) is 13.0 Å². The van der Waals surface area contributed by atoms with Crippen LogP contribution in [0.4, 0.5) is 14.5 Å². The van der Waals surface area contributed by atoms with Crippen LogP contribution in [0.2, 0.25) is 0 Å². The van der Waals surface area contributed by atoms with Crippen LogP contribution in [0, 0.1) is 0 Å². The first kappa shape index (κ1) is 13.6. The molecule has 0 heterocycles. The van der Waals surface area contributed by atoms with Gasteiger partial charge in [-0.3, -0.25) is 4.79 Å². The van der Waals surface area contributed by atoms with Crippen LogP contribution in [0.15, 0.2) is 18.2 Å². The predicted molar refractivity (Wildman–Crippen MR) is 61.1 cm³/mol. The molecule has 0 atom stereocenters.